The van der Waals surface area contributed by atoms with E-state index in [0.717, 1.165) is 17.4 Å². The van der Waals surface area contributed by atoms with Gasteiger partial charge in [-0.05, 0) is 49.1 Å². The lowest BCUT2D eigenvalue weighted by Gasteiger charge is -2.31. The number of hydrogen-bond donors (Lipinski definition) is 1. The van der Waals surface area contributed by atoms with Gasteiger partial charge in [0.2, 0.25) is 5.91 Å². The van der Waals surface area contributed by atoms with Gasteiger partial charge in [-0.25, -0.2) is 8.42 Å². The van der Waals surface area contributed by atoms with Crippen LogP contribution in [0, 0.1) is 0 Å². The number of piperidine rings is 1. The first-order valence-corrected chi connectivity index (χ1v) is 12.7. The van der Waals surface area contributed by atoms with E-state index in [4.69, 9.17) is 4.42 Å². The third-order valence-corrected chi connectivity index (χ3v) is 8.23. The van der Waals surface area contributed by atoms with Crippen LogP contribution < -0.4 is 5.32 Å². The van der Waals surface area contributed by atoms with Gasteiger partial charge in [-0.3, -0.25) is 14.6 Å². The van der Waals surface area contributed by atoms with Gasteiger partial charge in [-0.15, -0.1) is 0 Å². The standard InChI is InChI=1S/C24H27N3O5S/c1-2-3-23(28)27-12-9-20(10-13-27)33(30,31)19-6-4-17(5-7-19)15-26-24(29)21-14-18-8-11-25-16-22(18)32-21/h4-8,11,14,16,20H,2-3,9-10,12-13,15H2,1H3,(H,26,29). The Morgan fingerprint density at radius 1 is 1.15 bits per heavy atom. The predicted octanol–water partition coefficient (Wildman–Crippen LogP) is 3.32. The van der Waals surface area contributed by atoms with Crippen molar-refractivity contribution in [3.8, 4) is 0 Å². The normalized spacial score (nSPS) is 15.0. The maximum Gasteiger partial charge on any atom is 0.287 e. The minimum atomic E-state index is -3.48. The zero-order valence-electron chi connectivity index (χ0n) is 18.5. The summed E-state index contributed by atoms with van der Waals surface area (Å²) in [6.45, 7) is 3.16. The molecule has 2 aromatic heterocycles. The minimum absolute atomic E-state index is 0.0964. The van der Waals surface area contributed by atoms with Gasteiger partial charge in [0.05, 0.1) is 16.3 Å². The van der Waals surface area contributed by atoms with Crippen LogP contribution in [-0.4, -0.2) is 48.5 Å². The lowest BCUT2D eigenvalue weighted by atomic mass is 10.1. The Balaban J connectivity index is 1.34. The van der Waals surface area contributed by atoms with Crippen molar-refractivity contribution in [1.82, 2.24) is 15.2 Å². The van der Waals surface area contributed by atoms with E-state index in [-0.39, 0.29) is 29.0 Å². The van der Waals surface area contributed by atoms with Crippen molar-refractivity contribution in [3.05, 3.63) is 60.1 Å². The van der Waals surface area contributed by atoms with Crippen LogP contribution in [0.4, 0.5) is 0 Å². The molecule has 0 bridgehead atoms. The van der Waals surface area contributed by atoms with E-state index < -0.39 is 15.1 Å². The number of benzene rings is 1. The van der Waals surface area contributed by atoms with E-state index in [2.05, 4.69) is 10.3 Å². The van der Waals surface area contributed by atoms with Crippen LogP contribution in [0.1, 0.15) is 48.7 Å². The Morgan fingerprint density at radius 3 is 2.55 bits per heavy atom. The second-order valence-corrected chi connectivity index (χ2v) is 10.5. The Labute approximate surface area is 192 Å². The van der Waals surface area contributed by atoms with Crippen LogP contribution in [0.5, 0.6) is 0 Å². The number of sulfone groups is 1. The van der Waals surface area contributed by atoms with E-state index in [9.17, 15) is 18.0 Å². The molecule has 1 N–H and O–H groups in total. The Bertz CT molecular complexity index is 1210. The average Bonchev–Trinajstić information content (AvgIpc) is 3.27. The molecule has 8 nitrogen and oxygen atoms in total. The van der Waals surface area contributed by atoms with Gasteiger partial charge in [-0.1, -0.05) is 19.1 Å². The average molecular weight is 470 g/mol. The fourth-order valence-electron chi connectivity index (χ4n) is 4.04. The van der Waals surface area contributed by atoms with Gasteiger partial charge in [0.15, 0.2) is 21.2 Å². The molecule has 1 saturated heterocycles. The third kappa shape index (κ3) is 5.08. The number of carbonyl (C=O) groups is 2. The van der Waals surface area contributed by atoms with Crippen molar-refractivity contribution < 1.29 is 22.4 Å². The molecule has 2 amide bonds. The highest BCUT2D eigenvalue weighted by molar-refractivity contribution is 7.92. The summed E-state index contributed by atoms with van der Waals surface area (Å²) in [5.74, 6) is -0.0627. The van der Waals surface area contributed by atoms with Crippen LogP contribution in [0.2, 0.25) is 0 Å². The molecule has 0 unspecified atom stereocenters. The van der Waals surface area contributed by atoms with Gasteiger partial charge in [0, 0.05) is 37.6 Å². The smallest absolute Gasteiger partial charge is 0.287 e. The number of amides is 2. The van der Waals surface area contributed by atoms with Crippen molar-refractivity contribution >= 4 is 32.6 Å². The van der Waals surface area contributed by atoms with Crippen LogP contribution in [0.15, 0.2) is 58.1 Å². The van der Waals surface area contributed by atoms with E-state index in [1.165, 1.54) is 0 Å². The summed E-state index contributed by atoms with van der Waals surface area (Å²) < 4.78 is 31.6. The SMILES string of the molecule is CCCC(=O)N1CCC(S(=O)(=O)c2ccc(CNC(=O)c3cc4ccncc4o3)cc2)CC1. The molecule has 3 heterocycles. The molecule has 1 fully saturated rings. The summed E-state index contributed by atoms with van der Waals surface area (Å²) in [6, 6.07) is 9.99. The van der Waals surface area contributed by atoms with E-state index in [0.29, 0.717) is 37.9 Å². The Morgan fingerprint density at radius 2 is 1.88 bits per heavy atom. The summed E-state index contributed by atoms with van der Waals surface area (Å²) in [6.07, 6.45) is 5.37. The summed E-state index contributed by atoms with van der Waals surface area (Å²) in [7, 11) is -3.48. The van der Waals surface area contributed by atoms with Crippen LogP contribution in [0.25, 0.3) is 11.0 Å². The van der Waals surface area contributed by atoms with Crippen LogP contribution >= 0.6 is 0 Å². The molecule has 0 atom stereocenters. The molecule has 1 aliphatic rings. The molecule has 3 aromatic rings. The molecular weight excluding hydrogens is 442 g/mol. The number of nitrogens with one attached hydrogen (secondary N) is 1. The lowest BCUT2D eigenvalue weighted by molar-refractivity contribution is -0.132. The van der Waals surface area contributed by atoms with Crippen molar-refractivity contribution in [1.29, 1.82) is 0 Å². The third-order valence-electron chi connectivity index (χ3n) is 5.95. The number of aromatic nitrogens is 1. The highest BCUT2D eigenvalue weighted by atomic mass is 32.2. The Hall–Kier alpha value is -3.20. The van der Waals surface area contributed by atoms with Gasteiger partial charge in [0.25, 0.3) is 5.91 Å². The van der Waals surface area contributed by atoms with Crippen LogP contribution in [0.3, 0.4) is 0 Å². The van der Waals surface area contributed by atoms with E-state index in [1.807, 2.05) is 6.92 Å². The quantitative estimate of drug-likeness (QED) is 0.568. The molecule has 0 radical (unpaired) electrons. The first-order chi connectivity index (χ1) is 15.9. The topological polar surface area (TPSA) is 110 Å². The maximum atomic E-state index is 13.0. The molecule has 1 aliphatic heterocycles. The van der Waals surface area contributed by atoms with E-state index in [1.54, 1.807) is 53.7 Å². The zero-order valence-corrected chi connectivity index (χ0v) is 19.3. The fraction of sp³-hybridized carbons (Fsp3) is 0.375. The molecular formula is C24H27N3O5S. The molecule has 174 valence electrons. The number of likely N-dealkylation sites (tertiary alicyclic amines) is 1. The molecule has 33 heavy (non-hydrogen) atoms. The van der Waals surface area contributed by atoms with Gasteiger partial charge >= 0.3 is 0 Å². The predicted molar refractivity (Wildman–Crippen MR) is 123 cm³/mol. The maximum absolute atomic E-state index is 13.0. The minimum Gasteiger partial charge on any atom is -0.449 e. The molecule has 0 aliphatic carbocycles. The largest absolute Gasteiger partial charge is 0.449 e. The fourth-order valence-corrected chi connectivity index (χ4v) is 5.77. The lowest BCUT2D eigenvalue weighted by Crippen LogP contribution is -2.42. The second kappa shape index (κ2) is 9.74. The van der Waals surface area contributed by atoms with Crippen molar-refractivity contribution in [2.75, 3.05) is 13.1 Å². The summed E-state index contributed by atoms with van der Waals surface area (Å²) >= 11 is 0. The van der Waals surface area contributed by atoms with Gasteiger partial charge in [0.1, 0.15) is 0 Å². The van der Waals surface area contributed by atoms with Crippen molar-refractivity contribution in [2.24, 2.45) is 0 Å². The zero-order chi connectivity index (χ0) is 23.4. The molecule has 4 rings (SSSR count). The molecule has 0 saturated carbocycles. The number of nitrogens with zero attached hydrogens (tertiary/aromatic N) is 2. The Kier molecular flexibility index (Phi) is 6.78. The molecule has 0 spiro atoms. The number of carbonyl (C=O) groups excluding carboxylic acids is 2. The second-order valence-electron chi connectivity index (χ2n) is 8.23. The first kappa shape index (κ1) is 23.0. The summed E-state index contributed by atoms with van der Waals surface area (Å²) in [5, 5.41) is 3.09. The highest BCUT2D eigenvalue weighted by Crippen LogP contribution is 2.25. The van der Waals surface area contributed by atoms with Crippen molar-refractivity contribution in [2.45, 2.75) is 49.3 Å². The highest BCUT2D eigenvalue weighted by Gasteiger charge is 2.32. The van der Waals surface area contributed by atoms with Gasteiger partial charge < -0.3 is 14.6 Å². The summed E-state index contributed by atoms with van der Waals surface area (Å²) in [4.78, 5) is 30.4. The number of rotatable bonds is 7. The number of furan rings is 1. The number of fused-ring (bicyclic) bond motifs is 1. The molecule has 1 aromatic carbocycles. The van der Waals surface area contributed by atoms with Crippen molar-refractivity contribution in [3.63, 3.8) is 0 Å². The monoisotopic (exact) mass is 469 g/mol. The van der Waals surface area contributed by atoms with Crippen LogP contribution in [-0.2, 0) is 21.2 Å². The van der Waals surface area contributed by atoms with Gasteiger partial charge in [-0.2, -0.15) is 0 Å². The van der Waals surface area contributed by atoms with E-state index >= 15 is 0 Å². The number of hydrogen-bond acceptors (Lipinski definition) is 6. The summed E-state index contributed by atoms with van der Waals surface area (Å²) in [5.41, 5.74) is 1.32. The first-order valence-electron chi connectivity index (χ1n) is 11.1. The molecule has 9 heteroatoms. The number of pyridine rings is 1.